The van der Waals surface area contributed by atoms with Crippen molar-refractivity contribution < 1.29 is 45.6 Å². The number of hydrogen-bond donors (Lipinski definition) is 6. The molecular formula is C45H54N14O10S4. The van der Waals surface area contributed by atoms with Crippen LogP contribution in [0.1, 0.15) is 38.8 Å². The largest absolute Gasteiger partial charge is 0.494 e. The average Bonchev–Trinajstić information content (AvgIpc) is 3.95. The Morgan fingerprint density at radius 1 is 0.562 bits per heavy atom. The fourth-order valence-corrected chi connectivity index (χ4v) is 11.0. The topological polar surface area (TPSA) is 315 Å². The molecule has 0 radical (unpaired) electrons. The van der Waals surface area contributed by atoms with Gasteiger partial charge in [0.05, 0.1) is 80.4 Å². The van der Waals surface area contributed by atoms with E-state index in [1.54, 1.807) is 55.1 Å². The molecule has 0 aliphatic rings. The molecule has 4 aromatic carbocycles. The predicted octanol–water partition coefficient (Wildman–Crippen LogP) is 9.02. The number of rotatable bonds is 23. The first-order valence-corrected chi connectivity index (χ1v) is 27.2. The average molecular weight is 1080 g/mol. The van der Waals surface area contributed by atoms with Crippen LogP contribution in [0.3, 0.4) is 0 Å². The molecule has 0 bridgehead atoms. The number of ether oxygens (including phenoxy) is 2. The molecule has 7 rings (SSSR count). The van der Waals surface area contributed by atoms with Crippen LogP contribution in [0, 0.1) is 13.8 Å². The lowest BCUT2D eigenvalue weighted by atomic mass is 10.2. The van der Waals surface area contributed by atoms with Crippen LogP contribution in [0.15, 0.2) is 78.8 Å². The normalized spacial score (nSPS) is 12.1. The van der Waals surface area contributed by atoms with Gasteiger partial charge in [-0.2, -0.15) is 31.8 Å². The summed E-state index contributed by atoms with van der Waals surface area (Å²) in [6.45, 7) is 13.1. The number of nitrogens with one attached hydrogen (secondary N) is 2. The Labute approximate surface area is 429 Å². The third-order valence-corrected chi connectivity index (χ3v) is 15.1. The zero-order valence-electron chi connectivity index (χ0n) is 41.0. The van der Waals surface area contributed by atoms with E-state index in [-0.39, 0.29) is 75.6 Å². The van der Waals surface area contributed by atoms with E-state index in [9.17, 15) is 36.2 Å². The quantitative estimate of drug-likeness (QED) is 0.0257. The van der Waals surface area contributed by atoms with Gasteiger partial charge in [0.1, 0.15) is 22.9 Å². The highest BCUT2D eigenvalue weighted by atomic mass is 32.2. The lowest BCUT2D eigenvalue weighted by Gasteiger charge is -2.25. The first-order chi connectivity index (χ1) is 34.8. The van der Waals surface area contributed by atoms with Crippen molar-refractivity contribution >= 4 is 126 Å². The number of methoxy groups -OCH3 is 2. The van der Waals surface area contributed by atoms with Crippen LogP contribution in [0.2, 0.25) is 0 Å². The number of anilines is 7. The van der Waals surface area contributed by atoms with Crippen LogP contribution in [0.4, 0.5) is 62.2 Å². The van der Waals surface area contributed by atoms with Crippen LogP contribution in [-0.2, 0) is 20.2 Å². The Hall–Kier alpha value is -6.79. The summed E-state index contributed by atoms with van der Waals surface area (Å²) in [5.41, 5.74) is 3.95. The Morgan fingerprint density at radius 2 is 0.959 bits per heavy atom. The van der Waals surface area contributed by atoms with Crippen molar-refractivity contribution in [1.29, 1.82) is 0 Å². The van der Waals surface area contributed by atoms with E-state index in [2.05, 4.69) is 50.9 Å². The molecular weight excluding hydrogens is 1020 g/mol. The third-order valence-electron chi connectivity index (χ3n) is 11.3. The van der Waals surface area contributed by atoms with Crippen LogP contribution >= 0.6 is 22.7 Å². The molecule has 0 atom stereocenters. The number of aryl methyl sites for hydroxylation is 2. The molecule has 28 heteroatoms. The molecule has 0 aliphatic carbocycles. The van der Waals surface area contributed by atoms with Crippen molar-refractivity contribution in [2.24, 2.45) is 20.5 Å². The van der Waals surface area contributed by atoms with E-state index in [1.807, 2.05) is 27.7 Å². The van der Waals surface area contributed by atoms with Crippen molar-refractivity contribution in [3.05, 3.63) is 59.7 Å². The fraction of sp³-hybridized carbons (Fsp3) is 0.356. The number of aliphatic hydroxyl groups excluding tert-OH is 2. The second kappa shape index (κ2) is 23.0. The van der Waals surface area contributed by atoms with Crippen molar-refractivity contribution in [1.82, 2.24) is 24.9 Å². The van der Waals surface area contributed by atoms with Gasteiger partial charge in [-0.25, -0.2) is 9.97 Å². The monoisotopic (exact) mass is 1080 g/mol. The number of aliphatic hydroxyl groups is 2. The number of aromatic nitrogens is 5. The highest BCUT2D eigenvalue weighted by Crippen LogP contribution is 2.44. The molecule has 0 saturated heterocycles. The minimum atomic E-state index is -4.50. The van der Waals surface area contributed by atoms with Gasteiger partial charge in [0.25, 0.3) is 20.2 Å². The minimum Gasteiger partial charge on any atom is -0.494 e. The van der Waals surface area contributed by atoms with Crippen molar-refractivity contribution in [2.75, 3.05) is 92.0 Å². The van der Waals surface area contributed by atoms with Gasteiger partial charge in [0, 0.05) is 51.4 Å². The van der Waals surface area contributed by atoms with Gasteiger partial charge in [-0.3, -0.25) is 9.11 Å². The van der Waals surface area contributed by atoms with Gasteiger partial charge < -0.3 is 45.0 Å². The van der Waals surface area contributed by atoms with E-state index in [4.69, 9.17) is 24.4 Å². The van der Waals surface area contributed by atoms with Crippen molar-refractivity contribution in [3.8, 4) is 11.5 Å². The first-order valence-electron chi connectivity index (χ1n) is 22.7. The summed E-state index contributed by atoms with van der Waals surface area (Å²) >= 11 is 2.33. The summed E-state index contributed by atoms with van der Waals surface area (Å²) in [6, 6.07) is 12.7. The number of thiazole rings is 2. The van der Waals surface area contributed by atoms with Gasteiger partial charge >= 0.3 is 0 Å². The molecule has 3 aromatic heterocycles. The number of benzene rings is 4. The van der Waals surface area contributed by atoms with Crippen LogP contribution in [0.5, 0.6) is 11.5 Å². The molecule has 73 heavy (non-hydrogen) atoms. The molecule has 24 nitrogen and oxygen atoms in total. The molecule has 3 heterocycles. The Kier molecular flexibility index (Phi) is 17.0. The highest BCUT2D eigenvalue weighted by molar-refractivity contribution is 7.86. The first kappa shape index (κ1) is 54.0. The van der Waals surface area contributed by atoms with Gasteiger partial charge in [0.15, 0.2) is 0 Å². The predicted molar refractivity (Wildman–Crippen MR) is 283 cm³/mol. The van der Waals surface area contributed by atoms with E-state index in [0.717, 1.165) is 22.7 Å². The molecule has 0 spiro atoms. The van der Waals surface area contributed by atoms with Crippen LogP contribution < -0.4 is 34.8 Å². The van der Waals surface area contributed by atoms with Gasteiger partial charge in [0.2, 0.25) is 28.1 Å². The van der Waals surface area contributed by atoms with Crippen LogP contribution in [0.25, 0.3) is 20.4 Å². The van der Waals surface area contributed by atoms with E-state index in [1.165, 1.54) is 26.4 Å². The summed E-state index contributed by atoms with van der Waals surface area (Å²) in [6.07, 6.45) is 0. The van der Waals surface area contributed by atoms with Gasteiger partial charge in [-0.1, -0.05) is 22.7 Å². The maximum atomic E-state index is 12.0. The lowest BCUT2D eigenvalue weighted by Crippen LogP contribution is -2.31. The highest BCUT2D eigenvalue weighted by Gasteiger charge is 2.23. The summed E-state index contributed by atoms with van der Waals surface area (Å²) in [5.74, 6) is 1.04. The number of azo groups is 2. The Balaban J connectivity index is 1.36. The summed E-state index contributed by atoms with van der Waals surface area (Å²) in [7, 11) is -5.94. The second-order valence-corrected chi connectivity index (χ2v) is 20.7. The zero-order chi connectivity index (χ0) is 52.8. The molecule has 0 aliphatic heterocycles. The fourth-order valence-electron chi connectivity index (χ4n) is 7.77. The summed E-state index contributed by atoms with van der Waals surface area (Å²) in [4.78, 5) is 28.4. The molecule has 0 amide bonds. The molecule has 7 aromatic rings. The smallest absolute Gasteiger partial charge is 0.294 e. The Bertz CT molecular complexity index is 3220. The van der Waals surface area contributed by atoms with E-state index >= 15 is 0 Å². The molecule has 6 N–H and O–H groups in total. The van der Waals surface area contributed by atoms with Crippen molar-refractivity contribution in [2.45, 2.75) is 51.3 Å². The third kappa shape index (κ3) is 12.4. The number of hydrogen-bond acceptors (Lipinski definition) is 24. The molecule has 0 fully saturated rings. The Morgan fingerprint density at radius 3 is 1.30 bits per heavy atom. The van der Waals surface area contributed by atoms with E-state index in [0.29, 0.717) is 92.0 Å². The maximum absolute atomic E-state index is 12.0. The maximum Gasteiger partial charge on any atom is 0.294 e. The SMILES string of the molecule is CCN(CC)c1cc(Nc2nc(Nc3cc(N(CC)CC)c(OC)cc3N=Nc3nc4cc(S(=O)(=O)O)c(C)cc4s3)nc(N(CCO)CCO)n2)c(N=Nc2nc3cc(S(=O)(=O)O)c(C)cc3s2)cc1OC. The molecule has 0 saturated carbocycles. The van der Waals surface area contributed by atoms with Crippen molar-refractivity contribution in [3.63, 3.8) is 0 Å². The second-order valence-electron chi connectivity index (χ2n) is 15.9. The minimum absolute atomic E-state index is 0.00313. The lowest BCUT2D eigenvalue weighted by molar-refractivity contribution is 0.280. The van der Waals surface area contributed by atoms with Crippen LogP contribution in [-0.4, -0.2) is 128 Å². The standard InChI is InChI=1S/C45H54N14O10S4/c1-9-57(10-2)33-19-27(29(21-35(33)68-7)53-55-44-48-31-23-39(72(62,63)64)25(5)17-37(31)70-44)46-41-50-42(52-43(51-41)59(13-15-60)14-16-61)47-28-20-34(58(11-3)12-4)36(69-8)22-30(28)54-56-45-49-32-24-40(73(65,66)67)26(6)18-38(32)71-45/h17-24,60-61H,9-16H2,1-8H3,(H,62,63,64)(H,65,66,67)(H2,46,47,50,51,52). The number of fused-ring (bicyclic) bond motifs is 2. The number of nitrogens with zero attached hydrogens (tertiary/aromatic N) is 12. The summed E-state index contributed by atoms with van der Waals surface area (Å²) < 4.78 is 80.7. The van der Waals surface area contributed by atoms with E-state index < -0.39 is 20.2 Å². The molecule has 388 valence electrons. The zero-order valence-corrected chi connectivity index (χ0v) is 44.3. The molecule has 0 unspecified atom stereocenters. The van der Waals surface area contributed by atoms with Gasteiger partial charge in [-0.05, 0) is 89.1 Å². The van der Waals surface area contributed by atoms with Gasteiger partial charge in [-0.15, -0.1) is 20.5 Å². The summed E-state index contributed by atoms with van der Waals surface area (Å²) in [5, 5.41) is 45.2.